The van der Waals surface area contributed by atoms with Crippen molar-refractivity contribution < 1.29 is 68.9 Å². The fourth-order valence-corrected chi connectivity index (χ4v) is 3.10. The van der Waals surface area contributed by atoms with E-state index in [-0.39, 0.29) is 12.0 Å². The highest BCUT2D eigenvalue weighted by molar-refractivity contribution is 5.87. The van der Waals surface area contributed by atoms with Crippen LogP contribution in [0.15, 0.2) is 12.2 Å². The van der Waals surface area contributed by atoms with Gasteiger partial charge in [0.05, 0.1) is 17.8 Å². The number of carbonyl (C=O) groups excluding carboxylic acids is 4. The summed E-state index contributed by atoms with van der Waals surface area (Å²) in [7, 11) is 0. The number of hydrogen-bond donors (Lipinski definition) is 0. The molecule has 0 bridgehead atoms. The predicted octanol–water partition coefficient (Wildman–Crippen LogP) is 3.62. The molecule has 0 amide bonds. The highest BCUT2D eigenvalue weighted by Gasteiger charge is 2.59. The fourth-order valence-electron chi connectivity index (χ4n) is 3.10. The number of ether oxygens (including phenoxy) is 4. The van der Waals surface area contributed by atoms with Gasteiger partial charge in [0.25, 0.3) is 5.92 Å². The molecular weight excluding hydrogens is 513 g/mol. The lowest BCUT2D eigenvalue weighted by atomic mass is 9.74. The lowest BCUT2D eigenvalue weighted by Crippen LogP contribution is -2.44. The van der Waals surface area contributed by atoms with Crippen molar-refractivity contribution in [3.05, 3.63) is 12.2 Å². The van der Waals surface area contributed by atoms with Crippen molar-refractivity contribution in [2.75, 3.05) is 26.4 Å². The molecule has 15 heteroatoms. The highest BCUT2D eigenvalue weighted by Crippen LogP contribution is 2.39. The minimum atomic E-state index is -5.99. The average Bonchev–Trinajstić information content (AvgIpc) is 2.76. The monoisotopic (exact) mass is 538 g/mol. The molecule has 1 aliphatic carbocycles. The normalized spacial score (nSPS) is 20.8. The van der Waals surface area contributed by atoms with E-state index in [9.17, 15) is 49.9 Å². The van der Waals surface area contributed by atoms with Crippen LogP contribution in [0, 0.1) is 17.8 Å². The molecule has 0 aromatic heterocycles. The minimum absolute atomic E-state index is 0.0473. The molecule has 3 unspecified atom stereocenters. The summed E-state index contributed by atoms with van der Waals surface area (Å²) in [5.74, 6) is -17.7. The van der Waals surface area contributed by atoms with Crippen LogP contribution in [0.25, 0.3) is 0 Å². The maximum absolute atomic E-state index is 13.1. The summed E-state index contributed by atoms with van der Waals surface area (Å²) >= 11 is 0. The van der Waals surface area contributed by atoms with Crippen molar-refractivity contribution in [1.82, 2.24) is 0 Å². The maximum Gasteiger partial charge on any atom is 0.456 e. The predicted molar refractivity (Wildman–Crippen MR) is 105 cm³/mol. The summed E-state index contributed by atoms with van der Waals surface area (Å²) in [5.41, 5.74) is 0.0473. The average molecular weight is 538 g/mol. The number of halogens is 7. The van der Waals surface area contributed by atoms with E-state index in [0.29, 0.717) is 6.92 Å². The Bertz CT molecular complexity index is 835. The lowest BCUT2D eigenvalue weighted by Gasteiger charge is -2.32. The summed E-state index contributed by atoms with van der Waals surface area (Å²) in [5, 5.41) is 0. The van der Waals surface area contributed by atoms with Crippen LogP contribution in [0.4, 0.5) is 30.7 Å². The molecule has 0 spiro atoms. The van der Waals surface area contributed by atoms with Crippen molar-refractivity contribution >= 4 is 23.9 Å². The summed E-state index contributed by atoms with van der Waals surface area (Å²) in [6, 6.07) is 0. The quantitative estimate of drug-likeness (QED) is 0.129. The minimum Gasteiger partial charge on any atom is -0.462 e. The van der Waals surface area contributed by atoms with Crippen LogP contribution >= 0.6 is 0 Å². The van der Waals surface area contributed by atoms with Gasteiger partial charge >= 0.3 is 36.0 Å². The van der Waals surface area contributed by atoms with Crippen molar-refractivity contribution in [1.29, 1.82) is 0 Å². The van der Waals surface area contributed by atoms with Crippen molar-refractivity contribution in [3.63, 3.8) is 0 Å². The van der Waals surface area contributed by atoms with E-state index in [2.05, 4.69) is 16.1 Å². The number of rotatable bonds is 11. The molecule has 8 nitrogen and oxygen atoms in total. The smallest absolute Gasteiger partial charge is 0.456 e. The van der Waals surface area contributed by atoms with Gasteiger partial charge in [-0.15, -0.1) is 0 Å². The molecule has 0 saturated heterocycles. The molecule has 1 saturated carbocycles. The van der Waals surface area contributed by atoms with Crippen LogP contribution < -0.4 is 0 Å². The van der Waals surface area contributed by atoms with Crippen LogP contribution in [0.2, 0.25) is 0 Å². The van der Waals surface area contributed by atoms with Crippen LogP contribution in [0.1, 0.15) is 33.1 Å². The van der Waals surface area contributed by atoms with Crippen LogP contribution in [-0.2, 0) is 38.1 Å². The second-order valence-electron chi connectivity index (χ2n) is 8.29. The molecule has 0 radical (unpaired) electrons. The van der Waals surface area contributed by atoms with E-state index in [1.54, 1.807) is 0 Å². The SMILES string of the molecule is C=C(C)C(=O)OCCOC(=O)C1CC(C(=O)OCC(C)(F)F)CCC1C(=O)OCC(F)(F)C(F)(F)F. The first kappa shape index (κ1) is 31.2. The number of alkyl halides is 7. The van der Waals surface area contributed by atoms with E-state index >= 15 is 0 Å². The Morgan fingerprint density at radius 3 is 1.83 bits per heavy atom. The van der Waals surface area contributed by atoms with Gasteiger partial charge in [0.2, 0.25) is 0 Å². The van der Waals surface area contributed by atoms with Gasteiger partial charge in [0.1, 0.15) is 13.2 Å². The summed E-state index contributed by atoms with van der Waals surface area (Å²) in [4.78, 5) is 48.3. The zero-order chi connectivity index (χ0) is 27.9. The molecule has 0 N–H and O–H groups in total. The van der Waals surface area contributed by atoms with Gasteiger partial charge in [-0.2, -0.15) is 22.0 Å². The fraction of sp³-hybridized carbons (Fsp3) is 0.714. The zero-order valence-corrected chi connectivity index (χ0v) is 19.3. The summed E-state index contributed by atoms with van der Waals surface area (Å²) < 4.78 is 107. The second-order valence-corrected chi connectivity index (χ2v) is 8.29. The molecular formula is C21H25F7O8. The van der Waals surface area contributed by atoms with E-state index in [0.717, 1.165) is 0 Å². The Labute approximate surface area is 201 Å². The molecule has 1 fully saturated rings. The van der Waals surface area contributed by atoms with Crippen LogP contribution in [0.3, 0.4) is 0 Å². The molecule has 36 heavy (non-hydrogen) atoms. The lowest BCUT2D eigenvalue weighted by molar-refractivity contribution is -0.294. The van der Waals surface area contributed by atoms with E-state index in [1.807, 2.05) is 0 Å². The number of hydrogen-bond acceptors (Lipinski definition) is 8. The third-order valence-electron chi connectivity index (χ3n) is 4.98. The molecule has 1 rings (SSSR count). The van der Waals surface area contributed by atoms with Crippen LogP contribution in [0.5, 0.6) is 0 Å². The summed E-state index contributed by atoms with van der Waals surface area (Å²) in [6.45, 7) is 0.612. The zero-order valence-electron chi connectivity index (χ0n) is 19.3. The van der Waals surface area contributed by atoms with Gasteiger partial charge in [-0.3, -0.25) is 14.4 Å². The van der Waals surface area contributed by atoms with Gasteiger partial charge in [-0.25, -0.2) is 13.6 Å². The molecule has 3 atom stereocenters. The van der Waals surface area contributed by atoms with E-state index in [4.69, 9.17) is 9.47 Å². The van der Waals surface area contributed by atoms with Gasteiger partial charge in [-0.05, 0) is 26.2 Å². The molecule has 0 heterocycles. The molecule has 0 aromatic rings. The van der Waals surface area contributed by atoms with Crippen molar-refractivity contribution in [2.45, 2.75) is 51.1 Å². The first-order valence-corrected chi connectivity index (χ1v) is 10.5. The number of esters is 4. The maximum atomic E-state index is 13.1. The summed E-state index contributed by atoms with van der Waals surface area (Å²) in [6.07, 6.45) is -7.14. The highest BCUT2D eigenvalue weighted by atomic mass is 19.4. The van der Waals surface area contributed by atoms with Crippen LogP contribution in [-0.4, -0.2) is 68.3 Å². The third kappa shape index (κ3) is 9.64. The Morgan fingerprint density at radius 1 is 0.778 bits per heavy atom. The molecule has 0 aliphatic heterocycles. The van der Waals surface area contributed by atoms with Crippen molar-refractivity contribution in [2.24, 2.45) is 17.8 Å². The van der Waals surface area contributed by atoms with E-state index < -0.39 is 98.9 Å². The third-order valence-corrected chi connectivity index (χ3v) is 4.98. The Hall–Kier alpha value is -2.87. The first-order chi connectivity index (χ1) is 16.4. The Balaban J connectivity index is 2.90. The largest absolute Gasteiger partial charge is 0.462 e. The Kier molecular flexibility index (Phi) is 10.7. The van der Waals surface area contributed by atoms with Gasteiger partial charge < -0.3 is 18.9 Å². The topological polar surface area (TPSA) is 105 Å². The first-order valence-electron chi connectivity index (χ1n) is 10.5. The Morgan fingerprint density at radius 2 is 1.31 bits per heavy atom. The van der Waals surface area contributed by atoms with Gasteiger partial charge in [0, 0.05) is 12.5 Å². The number of carbonyl (C=O) groups is 4. The van der Waals surface area contributed by atoms with Gasteiger partial charge in [-0.1, -0.05) is 6.58 Å². The molecule has 206 valence electrons. The van der Waals surface area contributed by atoms with Gasteiger partial charge in [0.15, 0.2) is 13.2 Å². The molecule has 0 aromatic carbocycles. The second kappa shape index (κ2) is 12.4. The van der Waals surface area contributed by atoms with E-state index in [1.165, 1.54) is 6.92 Å². The van der Waals surface area contributed by atoms with Crippen molar-refractivity contribution in [3.8, 4) is 0 Å². The molecule has 1 aliphatic rings. The standard InChI is InChI=1S/C21H25F7O8/c1-11(2)15(29)33-6-7-34-18(32)14-8-12(16(30)35-9-19(3,22)23)4-5-13(14)17(31)36-10-20(24,25)21(26,27)28/h12-14H,1,4-10H2,2-3H3.